The van der Waals surface area contributed by atoms with Crippen LogP contribution < -0.4 is 10.2 Å². The number of likely N-dealkylation sites (tertiary alicyclic amines) is 1. The molecule has 35 heavy (non-hydrogen) atoms. The van der Waals surface area contributed by atoms with Crippen molar-refractivity contribution in [3.8, 4) is 11.4 Å². The van der Waals surface area contributed by atoms with E-state index in [1.165, 1.54) is 30.7 Å². The number of aromatic nitrogens is 2. The second-order valence-electron chi connectivity index (χ2n) is 9.61. The number of carbonyl (C=O) groups excluding carboxylic acids is 1. The zero-order valence-corrected chi connectivity index (χ0v) is 20.1. The van der Waals surface area contributed by atoms with Crippen LogP contribution in [-0.2, 0) is 11.3 Å². The fourth-order valence-electron chi connectivity index (χ4n) is 5.00. The maximum absolute atomic E-state index is 13.2. The van der Waals surface area contributed by atoms with Gasteiger partial charge in [-0.1, -0.05) is 17.3 Å². The summed E-state index contributed by atoms with van der Waals surface area (Å²) in [6.07, 6.45) is 4.33. The van der Waals surface area contributed by atoms with E-state index in [0.717, 1.165) is 38.0 Å². The minimum absolute atomic E-state index is 0.0419. The molecule has 1 aromatic heterocycles. The molecular formula is C27H32FN5O2. The van der Waals surface area contributed by atoms with Crippen molar-refractivity contribution in [1.29, 1.82) is 0 Å². The molecule has 0 aliphatic carbocycles. The first kappa shape index (κ1) is 23.5. The van der Waals surface area contributed by atoms with Crippen molar-refractivity contribution in [1.82, 2.24) is 20.4 Å². The molecule has 5 rings (SSSR count). The Kier molecular flexibility index (Phi) is 7.08. The van der Waals surface area contributed by atoms with E-state index >= 15 is 0 Å². The number of nitrogens with zero attached hydrogens (tertiary/aromatic N) is 4. The normalized spacial score (nSPS) is 19.6. The minimum atomic E-state index is -0.302. The Hall–Kier alpha value is -3.26. The third-order valence-electron chi connectivity index (χ3n) is 7.03. The van der Waals surface area contributed by atoms with Gasteiger partial charge in [-0.05, 0) is 81.1 Å². The van der Waals surface area contributed by atoms with Gasteiger partial charge in [0.1, 0.15) is 5.82 Å². The molecule has 2 saturated heterocycles. The number of nitrogens with one attached hydrogen (secondary N) is 1. The van der Waals surface area contributed by atoms with Crippen molar-refractivity contribution in [3.63, 3.8) is 0 Å². The summed E-state index contributed by atoms with van der Waals surface area (Å²) in [6.45, 7) is 6.32. The van der Waals surface area contributed by atoms with Gasteiger partial charge in [0.05, 0.1) is 18.5 Å². The Bertz CT molecular complexity index is 1130. The molecule has 2 aliphatic rings. The second-order valence-corrected chi connectivity index (χ2v) is 9.61. The van der Waals surface area contributed by atoms with Gasteiger partial charge in [0.2, 0.25) is 17.6 Å². The molecule has 2 fully saturated rings. The van der Waals surface area contributed by atoms with Gasteiger partial charge >= 0.3 is 0 Å². The Morgan fingerprint density at radius 2 is 1.83 bits per heavy atom. The van der Waals surface area contributed by atoms with Crippen molar-refractivity contribution >= 4 is 11.6 Å². The summed E-state index contributed by atoms with van der Waals surface area (Å²) in [4.78, 5) is 22.1. The summed E-state index contributed by atoms with van der Waals surface area (Å²) < 4.78 is 18.6. The van der Waals surface area contributed by atoms with Crippen molar-refractivity contribution in [2.75, 3.05) is 31.1 Å². The lowest BCUT2D eigenvalue weighted by molar-refractivity contribution is -0.127. The topological polar surface area (TPSA) is 74.5 Å². The van der Waals surface area contributed by atoms with Crippen molar-refractivity contribution in [3.05, 3.63) is 65.8 Å². The molecule has 1 amide bonds. The summed E-state index contributed by atoms with van der Waals surface area (Å²) in [7, 11) is 0. The third-order valence-corrected chi connectivity index (χ3v) is 7.03. The Labute approximate surface area is 205 Å². The number of halogens is 1. The second kappa shape index (κ2) is 10.6. The largest absolute Gasteiger partial charge is 0.372 e. The molecule has 0 saturated carbocycles. The molecule has 8 heteroatoms. The highest BCUT2D eigenvalue weighted by Crippen LogP contribution is 2.24. The van der Waals surface area contributed by atoms with E-state index in [4.69, 9.17) is 4.52 Å². The lowest BCUT2D eigenvalue weighted by atomic mass is 9.96. The van der Waals surface area contributed by atoms with E-state index in [2.05, 4.69) is 49.5 Å². The van der Waals surface area contributed by atoms with Gasteiger partial charge in [0.25, 0.3) is 0 Å². The first-order valence-electron chi connectivity index (χ1n) is 12.5. The monoisotopic (exact) mass is 477 g/mol. The zero-order chi connectivity index (χ0) is 24.2. The first-order chi connectivity index (χ1) is 17.0. The number of piperidine rings is 1. The highest BCUT2D eigenvalue weighted by molar-refractivity contribution is 5.79. The molecule has 3 heterocycles. The Balaban J connectivity index is 1.14. The molecule has 2 atom stereocenters. The number of rotatable bonds is 7. The van der Waals surface area contributed by atoms with E-state index in [1.807, 2.05) is 6.92 Å². The predicted octanol–water partition coefficient (Wildman–Crippen LogP) is 4.57. The van der Waals surface area contributed by atoms with E-state index in [0.29, 0.717) is 30.4 Å². The van der Waals surface area contributed by atoms with Crippen LogP contribution in [0, 0.1) is 11.7 Å². The molecule has 7 nitrogen and oxygen atoms in total. The lowest BCUT2D eigenvalue weighted by Gasteiger charge is -2.31. The number of carbonyl (C=O) groups is 1. The average molecular weight is 478 g/mol. The number of benzene rings is 2. The number of amides is 1. The Morgan fingerprint density at radius 3 is 2.57 bits per heavy atom. The number of hydrogen-bond acceptors (Lipinski definition) is 6. The summed E-state index contributed by atoms with van der Waals surface area (Å²) in [5.41, 5.74) is 3.09. The molecule has 3 aromatic rings. The molecule has 0 radical (unpaired) electrons. The first-order valence-corrected chi connectivity index (χ1v) is 12.5. The van der Waals surface area contributed by atoms with Gasteiger partial charge in [-0.15, -0.1) is 0 Å². The smallest absolute Gasteiger partial charge is 0.241 e. The van der Waals surface area contributed by atoms with Crippen LogP contribution >= 0.6 is 0 Å². The highest BCUT2D eigenvalue weighted by atomic mass is 19.1. The van der Waals surface area contributed by atoms with Gasteiger partial charge in [-0.3, -0.25) is 9.69 Å². The summed E-state index contributed by atoms with van der Waals surface area (Å²) in [5.74, 6) is 0.647. The standard InChI is InChI=1S/C27H32FN5O2/c1-19(20-8-12-24(13-9-20)33-15-2-3-16-33)29-27(34)22-5-4-14-32(17-22)18-25-30-26(31-35-25)21-6-10-23(28)11-7-21/h6-13,19,22H,2-5,14-18H2,1H3,(H,29,34). The van der Waals surface area contributed by atoms with Crippen molar-refractivity contribution < 1.29 is 13.7 Å². The predicted molar refractivity (Wildman–Crippen MR) is 132 cm³/mol. The summed E-state index contributed by atoms with van der Waals surface area (Å²) >= 11 is 0. The summed E-state index contributed by atoms with van der Waals surface area (Å²) in [6, 6.07) is 14.6. The van der Waals surface area contributed by atoms with E-state index in [9.17, 15) is 9.18 Å². The average Bonchev–Trinajstić information content (AvgIpc) is 3.58. The summed E-state index contributed by atoms with van der Waals surface area (Å²) in [5, 5.41) is 7.23. The molecule has 2 aromatic carbocycles. The molecule has 184 valence electrons. The van der Waals surface area contributed by atoms with Gasteiger partial charge < -0.3 is 14.7 Å². The van der Waals surface area contributed by atoms with Gasteiger partial charge in [0, 0.05) is 30.9 Å². The van der Waals surface area contributed by atoms with Crippen molar-refractivity contribution in [2.24, 2.45) is 5.92 Å². The highest BCUT2D eigenvalue weighted by Gasteiger charge is 2.28. The molecular weight excluding hydrogens is 445 g/mol. The molecule has 0 spiro atoms. The van der Waals surface area contributed by atoms with E-state index < -0.39 is 0 Å². The molecule has 1 N–H and O–H groups in total. The zero-order valence-electron chi connectivity index (χ0n) is 20.1. The van der Waals surface area contributed by atoms with Crippen LogP contribution in [-0.4, -0.2) is 47.1 Å². The Morgan fingerprint density at radius 1 is 1.09 bits per heavy atom. The van der Waals surface area contributed by atoms with Crippen LogP contribution in [0.4, 0.5) is 10.1 Å². The fraction of sp³-hybridized carbons (Fsp3) is 0.444. The van der Waals surface area contributed by atoms with Crippen molar-refractivity contribution in [2.45, 2.75) is 45.2 Å². The van der Waals surface area contributed by atoms with Crippen LogP contribution in [0.2, 0.25) is 0 Å². The number of hydrogen-bond donors (Lipinski definition) is 1. The maximum Gasteiger partial charge on any atom is 0.241 e. The molecule has 2 aliphatic heterocycles. The van der Waals surface area contributed by atoms with Crippen LogP contribution in [0.25, 0.3) is 11.4 Å². The van der Waals surface area contributed by atoms with E-state index in [1.54, 1.807) is 12.1 Å². The van der Waals surface area contributed by atoms with Gasteiger partial charge in [-0.2, -0.15) is 4.98 Å². The van der Waals surface area contributed by atoms with Gasteiger partial charge in [-0.25, -0.2) is 4.39 Å². The molecule has 0 bridgehead atoms. The quantitative estimate of drug-likeness (QED) is 0.538. The van der Waals surface area contributed by atoms with Crippen LogP contribution in [0.3, 0.4) is 0 Å². The van der Waals surface area contributed by atoms with E-state index in [-0.39, 0.29) is 23.7 Å². The van der Waals surface area contributed by atoms with Crippen LogP contribution in [0.15, 0.2) is 53.1 Å². The van der Waals surface area contributed by atoms with Crippen LogP contribution in [0.5, 0.6) is 0 Å². The third kappa shape index (κ3) is 5.70. The maximum atomic E-state index is 13.2. The number of anilines is 1. The van der Waals surface area contributed by atoms with Gasteiger partial charge in [0.15, 0.2) is 0 Å². The lowest BCUT2D eigenvalue weighted by Crippen LogP contribution is -2.43. The molecule has 2 unspecified atom stereocenters. The SMILES string of the molecule is CC(NC(=O)C1CCCN(Cc2nc(-c3ccc(F)cc3)no2)C1)c1ccc(N2CCCC2)cc1. The minimum Gasteiger partial charge on any atom is -0.372 e. The van der Waals surface area contributed by atoms with Crippen LogP contribution in [0.1, 0.15) is 50.1 Å². The fourth-order valence-corrected chi connectivity index (χ4v) is 5.00.